The van der Waals surface area contributed by atoms with Gasteiger partial charge in [0.2, 0.25) is 0 Å². The summed E-state index contributed by atoms with van der Waals surface area (Å²) < 4.78 is 13.0. The van der Waals surface area contributed by atoms with Crippen LogP contribution in [0.4, 0.5) is 4.39 Å². The molecule has 18 heavy (non-hydrogen) atoms. The van der Waals surface area contributed by atoms with Crippen LogP contribution in [0.1, 0.15) is 11.1 Å². The van der Waals surface area contributed by atoms with E-state index in [1.807, 2.05) is 18.2 Å². The quantitative estimate of drug-likeness (QED) is 0.818. The summed E-state index contributed by atoms with van der Waals surface area (Å²) in [4.78, 5) is 11.9. The van der Waals surface area contributed by atoms with Crippen LogP contribution in [0.3, 0.4) is 0 Å². The highest BCUT2D eigenvalue weighted by Gasteiger charge is 2.08. The molecular formula is C15H12ClFO. The summed E-state index contributed by atoms with van der Waals surface area (Å²) in [7, 11) is 0. The van der Waals surface area contributed by atoms with Gasteiger partial charge in [0.05, 0.1) is 0 Å². The molecule has 0 aliphatic carbocycles. The molecule has 0 saturated carbocycles. The van der Waals surface area contributed by atoms with E-state index in [-0.39, 0.29) is 24.4 Å². The number of carbonyl (C=O) groups excluding carboxylic acids is 1. The minimum atomic E-state index is -0.321. The summed E-state index contributed by atoms with van der Waals surface area (Å²) in [5.41, 5.74) is 1.49. The Balaban J connectivity index is 2.03. The topological polar surface area (TPSA) is 17.1 Å². The highest BCUT2D eigenvalue weighted by atomic mass is 35.5. The first-order chi connectivity index (χ1) is 8.65. The first-order valence-electron chi connectivity index (χ1n) is 5.65. The van der Waals surface area contributed by atoms with Crippen molar-refractivity contribution in [2.45, 2.75) is 12.8 Å². The number of benzene rings is 2. The third-order valence-corrected chi connectivity index (χ3v) is 3.00. The molecule has 0 bridgehead atoms. The standard InChI is InChI=1S/C15H12ClFO/c16-15-7-2-1-5-12(15)10-14(18)9-11-4-3-6-13(17)8-11/h1-8H,9-10H2. The van der Waals surface area contributed by atoms with Crippen LogP contribution in [0.5, 0.6) is 0 Å². The normalized spacial score (nSPS) is 10.3. The van der Waals surface area contributed by atoms with E-state index in [0.29, 0.717) is 10.6 Å². The number of Topliss-reactive ketones (excluding diaryl/α,β-unsaturated/α-hetero) is 1. The lowest BCUT2D eigenvalue weighted by Gasteiger charge is -2.04. The Morgan fingerprint density at radius 3 is 2.56 bits per heavy atom. The van der Waals surface area contributed by atoms with Gasteiger partial charge in [-0.25, -0.2) is 4.39 Å². The van der Waals surface area contributed by atoms with E-state index in [9.17, 15) is 9.18 Å². The number of hydrogen-bond acceptors (Lipinski definition) is 1. The van der Waals surface area contributed by atoms with E-state index < -0.39 is 0 Å². The Kier molecular flexibility index (Phi) is 4.11. The van der Waals surface area contributed by atoms with Gasteiger partial charge in [-0.1, -0.05) is 41.9 Å². The second-order valence-electron chi connectivity index (χ2n) is 4.11. The average molecular weight is 263 g/mol. The maximum Gasteiger partial charge on any atom is 0.141 e. The number of halogens is 2. The summed E-state index contributed by atoms with van der Waals surface area (Å²) in [6.45, 7) is 0. The molecule has 0 aliphatic heterocycles. The van der Waals surface area contributed by atoms with Crippen molar-refractivity contribution in [3.05, 3.63) is 70.5 Å². The predicted molar refractivity (Wildman–Crippen MR) is 70.3 cm³/mol. The molecule has 0 N–H and O–H groups in total. The van der Waals surface area contributed by atoms with Gasteiger partial charge in [-0.3, -0.25) is 4.79 Å². The zero-order chi connectivity index (χ0) is 13.0. The molecule has 3 heteroatoms. The van der Waals surface area contributed by atoms with Crippen LogP contribution in [0.25, 0.3) is 0 Å². The Hall–Kier alpha value is -1.67. The summed E-state index contributed by atoms with van der Waals surface area (Å²) in [5.74, 6) is -0.299. The van der Waals surface area contributed by atoms with Crippen molar-refractivity contribution >= 4 is 17.4 Å². The maximum absolute atomic E-state index is 13.0. The van der Waals surface area contributed by atoms with E-state index in [4.69, 9.17) is 11.6 Å². The molecule has 92 valence electrons. The minimum absolute atomic E-state index is 0.0219. The monoisotopic (exact) mass is 262 g/mol. The molecule has 0 heterocycles. The molecular weight excluding hydrogens is 251 g/mol. The predicted octanol–water partition coefficient (Wildman–Crippen LogP) is 3.83. The van der Waals surface area contributed by atoms with Crippen LogP contribution in [-0.4, -0.2) is 5.78 Å². The van der Waals surface area contributed by atoms with Crippen LogP contribution in [0.2, 0.25) is 5.02 Å². The Morgan fingerprint density at radius 2 is 1.83 bits per heavy atom. The van der Waals surface area contributed by atoms with Crippen LogP contribution in [0, 0.1) is 5.82 Å². The van der Waals surface area contributed by atoms with Gasteiger partial charge in [0, 0.05) is 17.9 Å². The van der Waals surface area contributed by atoms with E-state index in [2.05, 4.69) is 0 Å². The lowest BCUT2D eigenvalue weighted by Crippen LogP contribution is -2.07. The van der Waals surface area contributed by atoms with E-state index in [0.717, 1.165) is 5.56 Å². The summed E-state index contributed by atoms with van der Waals surface area (Å²) >= 11 is 5.98. The van der Waals surface area contributed by atoms with Crippen molar-refractivity contribution in [1.29, 1.82) is 0 Å². The maximum atomic E-state index is 13.0. The minimum Gasteiger partial charge on any atom is -0.299 e. The van der Waals surface area contributed by atoms with Gasteiger partial charge in [0.15, 0.2) is 0 Å². The Morgan fingerprint density at radius 1 is 1.06 bits per heavy atom. The Bertz CT molecular complexity index is 566. The van der Waals surface area contributed by atoms with Gasteiger partial charge >= 0.3 is 0 Å². The fourth-order valence-electron chi connectivity index (χ4n) is 1.79. The van der Waals surface area contributed by atoms with Crippen molar-refractivity contribution in [3.63, 3.8) is 0 Å². The molecule has 0 aromatic heterocycles. The second-order valence-corrected chi connectivity index (χ2v) is 4.52. The van der Waals surface area contributed by atoms with Crippen molar-refractivity contribution in [2.24, 2.45) is 0 Å². The summed E-state index contributed by atoms with van der Waals surface area (Å²) in [5, 5.41) is 0.588. The molecule has 2 aromatic carbocycles. The van der Waals surface area contributed by atoms with E-state index >= 15 is 0 Å². The molecule has 0 spiro atoms. The number of hydrogen-bond donors (Lipinski definition) is 0. The SMILES string of the molecule is O=C(Cc1cccc(F)c1)Cc1ccccc1Cl. The fourth-order valence-corrected chi connectivity index (χ4v) is 1.99. The highest BCUT2D eigenvalue weighted by Crippen LogP contribution is 2.16. The molecule has 0 radical (unpaired) electrons. The molecule has 2 rings (SSSR count). The van der Waals surface area contributed by atoms with Gasteiger partial charge in [0.1, 0.15) is 11.6 Å². The first kappa shape index (κ1) is 12.8. The molecule has 0 atom stereocenters. The van der Waals surface area contributed by atoms with Crippen LogP contribution in [-0.2, 0) is 17.6 Å². The third-order valence-electron chi connectivity index (χ3n) is 2.64. The molecule has 2 aromatic rings. The number of rotatable bonds is 4. The Labute approximate surface area is 110 Å². The van der Waals surface area contributed by atoms with Gasteiger partial charge in [-0.05, 0) is 29.3 Å². The van der Waals surface area contributed by atoms with Crippen molar-refractivity contribution in [3.8, 4) is 0 Å². The molecule has 0 saturated heterocycles. The molecule has 0 aliphatic rings. The summed E-state index contributed by atoms with van der Waals surface area (Å²) in [6, 6.07) is 13.3. The smallest absolute Gasteiger partial charge is 0.141 e. The van der Waals surface area contributed by atoms with Crippen molar-refractivity contribution in [2.75, 3.05) is 0 Å². The van der Waals surface area contributed by atoms with Gasteiger partial charge in [-0.15, -0.1) is 0 Å². The molecule has 0 unspecified atom stereocenters. The molecule has 1 nitrogen and oxygen atoms in total. The number of ketones is 1. The lowest BCUT2D eigenvalue weighted by atomic mass is 10.0. The van der Waals surface area contributed by atoms with Crippen molar-refractivity contribution in [1.82, 2.24) is 0 Å². The zero-order valence-electron chi connectivity index (χ0n) is 9.70. The largest absolute Gasteiger partial charge is 0.299 e. The third kappa shape index (κ3) is 3.41. The molecule has 0 fully saturated rings. The second kappa shape index (κ2) is 5.78. The van der Waals surface area contributed by atoms with Crippen LogP contribution in [0.15, 0.2) is 48.5 Å². The lowest BCUT2D eigenvalue weighted by molar-refractivity contribution is -0.117. The number of carbonyl (C=O) groups is 1. The van der Waals surface area contributed by atoms with Gasteiger partial charge in [-0.2, -0.15) is 0 Å². The fraction of sp³-hybridized carbons (Fsp3) is 0.133. The highest BCUT2D eigenvalue weighted by molar-refractivity contribution is 6.31. The molecule has 0 amide bonds. The van der Waals surface area contributed by atoms with Gasteiger partial charge in [0.25, 0.3) is 0 Å². The first-order valence-corrected chi connectivity index (χ1v) is 6.02. The zero-order valence-corrected chi connectivity index (χ0v) is 10.5. The average Bonchev–Trinajstić information content (AvgIpc) is 2.32. The van der Waals surface area contributed by atoms with E-state index in [1.54, 1.807) is 18.2 Å². The van der Waals surface area contributed by atoms with E-state index in [1.165, 1.54) is 12.1 Å². The van der Waals surface area contributed by atoms with Gasteiger partial charge < -0.3 is 0 Å². The van der Waals surface area contributed by atoms with Crippen LogP contribution < -0.4 is 0 Å². The van der Waals surface area contributed by atoms with Crippen molar-refractivity contribution < 1.29 is 9.18 Å². The van der Waals surface area contributed by atoms with Crippen LogP contribution >= 0.6 is 11.6 Å². The summed E-state index contributed by atoms with van der Waals surface area (Å²) in [6.07, 6.45) is 0.499.